The highest BCUT2D eigenvalue weighted by atomic mass is 16.3. The Morgan fingerprint density at radius 2 is 2.10 bits per heavy atom. The van der Waals surface area contributed by atoms with Crippen molar-refractivity contribution in [1.82, 2.24) is 10.2 Å². The van der Waals surface area contributed by atoms with Crippen LogP contribution in [0.4, 0.5) is 0 Å². The van der Waals surface area contributed by atoms with Crippen molar-refractivity contribution in [1.29, 1.82) is 0 Å². The maximum absolute atomic E-state index is 5.88. The lowest BCUT2D eigenvalue weighted by Gasteiger charge is -2.36. The van der Waals surface area contributed by atoms with Gasteiger partial charge in [0.2, 0.25) is 0 Å². The number of piperidine rings is 1. The van der Waals surface area contributed by atoms with Crippen LogP contribution in [0, 0.1) is 12.8 Å². The third-order valence-corrected chi connectivity index (χ3v) is 4.38. The Labute approximate surface area is 123 Å². The van der Waals surface area contributed by atoms with Crippen LogP contribution in [0.2, 0.25) is 0 Å². The summed E-state index contributed by atoms with van der Waals surface area (Å²) in [4.78, 5) is 2.60. The van der Waals surface area contributed by atoms with Crippen LogP contribution in [0.5, 0.6) is 0 Å². The van der Waals surface area contributed by atoms with Crippen LogP contribution in [0.1, 0.15) is 57.6 Å². The molecule has 20 heavy (non-hydrogen) atoms. The van der Waals surface area contributed by atoms with Crippen molar-refractivity contribution < 1.29 is 4.42 Å². The fourth-order valence-corrected chi connectivity index (χ4v) is 2.96. The molecule has 1 fully saturated rings. The van der Waals surface area contributed by atoms with Crippen molar-refractivity contribution >= 4 is 0 Å². The van der Waals surface area contributed by atoms with Crippen LogP contribution in [0.15, 0.2) is 10.5 Å². The first-order chi connectivity index (χ1) is 9.45. The molecule has 0 spiro atoms. The van der Waals surface area contributed by atoms with Crippen LogP contribution in [0.3, 0.4) is 0 Å². The molecule has 0 aromatic carbocycles. The number of hydrogen-bond acceptors (Lipinski definition) is 3. The summed E-state index contributed by atoms with van der Waals surface area (Å²) in [6.07, 6.45) is 2.69. The van der Waals surface area contributed by atoms with E-state index in [0.29, 0.717) is 12.1 Å². The summed E-state index contributed by atoms with van der Waals surface area (Å²) < 4.78 is 5.88. The van der Waals surface area contributed by atoms with Gasteiger partial charge in [0.05, 0.1) is 6.54 Å². The highest BCUT2D eigenvalue weighted by molar-refractivity contribution is 5.21. The number of aryl methyl sites for hydroxylation is 1. The van der Waals surface area contributed by atoms with Crippen molar-refractivity contribution in [3.8, 4) is 0 Å². The summed E-state index contributed by atoms with van der Waals surface area (Å²) in [5.74, 6) is 2.96. The van der Waals surface area contributed by atoms with Crippen molar-refractivity contribution in [2.75, 3.05) is 6.54 Å². The van der Waals surface area contributed by atoms with Gasteiger partial charge in [0, 0.05) is 30.7 Å². The van der Waals surface area contributed by atoms with Crippen molar-refractivity contribution in [2.24, 2.45) is 5.92 Å². The van der Waals surface area contributed by atoms with E-state index >= 15 is 0 Å². The standard InChI is InChI=1S/C17H30N2O/c1-12(2)18-9-17-8-16(15(5)20-17)11-19-10-13(3)6-7-14(19)4/h8,12-14,18H,6-7,9-11H2,1-5H3. The summed E-state index contributed by atoms with van der Waals surface area (Å²) in [5, 5.41) is 3.41. The highest BCUT2D eigenvalue weighted by Crippen LogP contribution is 2.25. The molecule has 3 nitrogen and oxygen atoms in total. The van der Waals surface area contributed by atoms with Gasteiger partial charge in [0.1, 0.15) is 11.5 Å². The van der Waals surface area contributed by atoms with Crippen LogP contribution < -0.4 is 5.32 Å². The molecule has 114 valence electrons. The van der Waals surface area contributed by atoms with E-state index in [1.54, 1.807) is 0 Å². The minimum absolute atomic E-state index is 0.492. The van der Waals surface area contributed by atoms with E-state index in [4.69, 9.17) is 4.42 Å². The van der Waals surface area contributed by atoms with E-state index in [2.05, 4.69) is 50.9 Å². The topological polar surface area (TPSA) is 28.4 Å². The summed E-state index contributed by atoms with van der Waals surface area (Å²) in [6, 6.07) is 3.42. The van der Waals surface area contributed by atoms with Gasteiger partial charge in [-0.3, -0.25) is 4.90 Å². The van der Waals surface area contributed by atoms with Crippen molar-refractivity contribution in [3.05, 3.63) is 23.2 Å². The second kappa shape index (κ2) is 6.77. The molecule has 1 N–H and O–H groups in total. The van der Waals surface area contributed by atoms with Crippen molar-refractivity contribution in [2.45, 2.75) is 72.6 Å². The maximum Gasteiger partial charge on any atom is 0.118 e. The predicted molar refractivity (Wildman–Crippen MR) is 83.7 cm³/mol. The van der Waals surface area contributed by atoms with Crippen LogP contribution in [-0.4, -0.2) is 23.5 Å². The molecule has 2 unspecified atom stereocenters. The van der Waals surface area contributed by atoms with Gasteiger partial charge in [-0.2, -0.15) is 0 Å². The van der Waals surface area contributed by atoms with Crippen molar-refractivity contribution in [3.63, 3.8) is 0 Å². The van der Waals surface area contributed by atoms with Gasteiger partial charge in [-0.25, -0.2) is 0 Å². The first-order valence-corrected chi connectivity index (χ1v) is 8.01. The Kier molecular flexibility index (Phi) is 5.28. The smallest absolute Gasteiger partial charge is 0.118 e. The molecule has 0 radical (unpaired) electrons. The van der Waals surface area contributed by atoms with Crippen LogP contribution >= 0.6 is 0 Å². The molecule has 0 aliphatic carbocycles. The lowest BCUT2D eigenvalue weighted by atomic mass is 9.94. The van der Waals surface area contributed by atoms with E-state index in [9.17, 15) is 0 Å². The second-order valence-electron chi connectivity index (χ2n) is 6.79. The monoisotopic (exact) mass is 278 g/mol. The number of hydrogen-bond donors (Lipinski definition) is 1. The maximum atomic E-state index is 5.88. The van der Waals surface area contributed by atoms with Gasteiger partial charge >= 0.3 is 0 Å². The molecule has 2 rings (SSSR count). The SMILES string of the molecule is Cc1oc(CNC(C)C)cc1CN1CC(C)CCC1C. The molecule has 0 saturated carbocycles. The van der Waals surface area contributed by atoms with Crippen LogP contribution in [0.25, 0.3) is 0 Å². The molecule has 1 aromatic rings. The molecule has 2 atom stereocenters. The molecule has 0 bridgehead atoms. The Bertz CT molecular complexity index is 425. The van der Waals surface area contributed by atoms with Gasteiger partial charge in [0.15, 0.2) is 0 Å². The molecule has 2 heterocycles. The summed E-state index contributed by atoms with van der Waals surface area (Å²) >= 11 is 0. The van der Waals surface area contributed by atoms with Gasteiger partial charge in [-0.1, -0.05) is 20.8 Å². The van der Waals surface area contributed by atoms with E-state index in [1.165, 1.54) is 24.9 Å². The third-order valence-electron chi connectivity index (χ3n) is 4.38. The minimum atomic E-state index is 0.492. The van der Waals surface area contributed by atoms with E-state index in [1.807, 2.05) is 0 Å². The number of furan rings is 1. The summed E-state index contributed by atoms with van der Waals surface area (Å²) in [7, 11) is 0. The van der Waals surface area contributed by atoms with Crippen LogP contribution in [-0.2, 0) is 13.1 Å². The number of likely N-dealkylation sites (tertiary alicyclic amines) is 1. The highest BCUT2D eigenvalue weighted by Gasteiger charge is 2.24. The van der Waals surface area contributed by atoms with Gasteiger partial charge in [-0.15, -0.1) is 0 Å². The zero-order valence-corrected chi connectivity index (χ0v) is 13.7. The first-order valence-electron chi connectivity index (χ1n) is 8.01. The normalized spacial score (nSPS) is 24.5. The van der Waals surface area contributed by atoms with Gasteiger partial charge in [-0.05, 0) is 38.7 Å². The average Bonchev–Trinajstić information content (AvgIpc) is 2.72. The van der Waals surface area contributed by atoms with Gasteiger partial charge in [0.25, 0.3) is 0 Å². The summed E-state index contributed by atoms with van der Waals surface area (Å²) in [5.41, 5.74) is 1.35. The fourth-order valence-electron chi connectivity index (χ4n) is 2.96. The van der Waals surface area contributed by atoms with E-state index < -0.39 is 0 Å². The number of nitrogens with one attached hydrogen (secondary N) is 1. The number of rotatable bonds is 5. The summed E-state index contributed by atoms with van der Waals surface area (Å²) in [6.45, 7) is 14.2. The lowest BCUT2D eigenvalue weighted by molar-refractivity contribution is 0.117. The van der Waals surface area contributed by atoms with Gasteiger partial charge < -0.3 is 9.73 Å². The molecular weight excluding hydrogens is 248 g/mol. The van der Waals surface area contributed by atoms with E-state index in [0.717, 1.165) is 30.5 Å². The molecule has 1 saturated heterocycles. The molecule has 1 aliphatic rings. The molecule has 1 aromatic heterocycles. The minimum Gasteiger partial charge on any atom is -0.465 e. The largest absolute Gasteiger partial charge is 0.465 e. The fraction of sp³-hybridized carbons (Fsp3) is 0.765. The Morgan fingerprint density at radius 1 is 1.35 bits per heavy atom. The Balaban J connectivity index is 1.98. The molecular formula is C17H30N2O. The Hall–Kier alpha value is -0.800. The third kappa shape index (κ3) is 4.10. The lowest BCUT2D eigenvalue weighted by Crippen LogP contribution is -2.40. The zero-order chi connectivity index (χ0) is 14.7. The second-order valence-corrected chi connectivity index (χ2v) is 6.79. The molecule has 0 amide bonds. The quantitative estimate of drug-likeness (QED) is 0.890. The average molecular weight is 278 g/mol. The Morgan fingerprint density at radius 3 is 2.80 bits per heavy atom. The molecule has 1 aliphatic heterocycles. The number of nitrogens with zero attached hydrogens (tertiary/aromatic N) is 1. The molecule has 3 heteroatoms. The zero-order valence-electron chi connectivity index (χ0n) is 13.7. The first kappa shape index (κ1) is 15.6. The van der Waals surface area contributed by atoms with E-state index in [-0.39, 0.29) is 0 Å². The predicted octanol–water partition coefficient (Wildman–Crippen LogP) is 3.71.